The summed E-state index contributed by atoms with van der Waals surface area (Å²) in [5, 5.41) is 4.60. The van der Waals surface area contributed by atoms with E-state index in [1.807, 2.05) is 5.38 Å². The number of hydrogen-bond acceptors (Lipinski definition) is 4. The Morgan fingerprint density at radius 3 is 2.73 bits per heavy atom. The number of fused-ring (bicyclic) bond motifs is 1. The second-order valence-corrected chi connectivity index (χ2v) is 7.44. The number of carbonyl (C=O) groups excluding carboxylic acids is 2. The van der Waals surface area contributed by atoms with E-state index >= 15 is 0 Å². The lowest BCUT2D eigenvalue weighted by molar-refractivity contribution is -0.129. The van der Waals surface area contributed by atoms with Gasteiger partial charge in [0.05, 0.1) is 5.56 Å². The number of nitrogens with one attached hydrogen (secondary N) is 1. The van der Waals surface area contributed by atoms with E-state index in [9.17, 15) is 14.0 Å². The molecular formula is C20H22FNO3S. The summed E-state index contributed by atoms with van der Waals surface area (Å²) in [5.74, 6) is -1.04. The minimum Gasteiger partial charge on any atom is -0.449 e. The average molecular weight is 375 g/mol. The van der Waals surface area contributed by atoms with Crippen LogP contribution in [0, 0.1) is 5.82 Å². The molecule has 1 amide bonds. The first-order chi connectivity index (χ1) is 12.5. The molecule has 0 bridgehead atoms. The minimum atomic E-state index is -0.852. The molecule has 138 valence electrons. The van der Waals surface area contributed by atoms with Gasteiger partial charge < -0.3 is 10.1 Å². The maximum atomic E-state index is 12.9. The number of ether oxygens (including phenoxy) is 1. The highest BCUT2D eigenvalue weighted by atomic mass is 32.1. The number of esters is 1. The summed E-state index contributed by atoms with van der Waals surface area (Å²) in [6.45, 7) is 1.98. The van der Waals surface area contributed by atoms with Gasteiger partial charge in [-0.15, -0.1) is 11.3 Å². The number of rotatable bonds is 6. The summed E-state index contributed by atoms with van der Waals surface area (Å²) in [4.78, 5) is 25.8. The van der Waals surface area contributed by atoms with Crippen molar-refractivity contribution in [3.63, 3.8) is 0 Å². The van der Waals surface area contributed by atoms with Crippen LogP contribution in [0.1, 0.15) is 46.1 Å². The van der Waals surface area contributed by atoms with E-state index in [2.05, 4.69) is 5.32 Å². The molecule has 1 heterocycles. The smallest absolute Gasteiger partial charge is 0.340 e. The van der Waals surface area contributed by atoms with Crippen LogP contribution in [-0.2, 0) is 28.8 Å². The fourth-order valence-corrected chi connectivity index (χ4v) is 4.18. The van der Waals surface area contributed by atoms with Gasteiger partial charge in [0.25, 0.3) is 5.91 Å². The quantitative estimate of drug-likeness (QED) is 0.784. The van der Waals surface area contributed by atoms with E-state index in [1.54, 1.807) is 30.4 Å². The fraction of sp³-hybridized carbons (Fsp3) is 0.400. The second kappa shape index (κ2) is 8.45. The Morgan fingerprint density at radius 1 is 1.23 bits per heavy atom. The van der Waals surface area contributed by atoms with Gasteiger partial charge in [0.1, 0.15) is 5.82 Å². The van der Waals surface area contributed by atoms with Crippen LogP contribution in [0.2, 0.25) is 0 Å². The standard InChI is InChI=1S/C20H22FNO3S/c1-13(19(23)22-11-10-14-6-8-15(21)9-7-14)25-20(24)17-12-26-18-5-3-2-4-16(17)18/h6-9,12-13H,2-5,10-11H2,1H3,(H,22,23)/t13-/m1/s1. The molecule has 0 fully saturated rings. The van der Waals surface area contributed by atoms with Gasteiger partial charge >= 0.3 is 5.97 Å². The highest BCUT2D eigenvalue weighted by Gasteiger charge is 2.24. The molecule has 0 saturated heterocycles. The lowest BCUT2D eigenvalue weighted by Gasteiger charge is -2.15. The summed E-state index contributed by atoms with van der Waals surface area (Å²) in [6.07, 6.45) is 3.91. The van der Waals surface area contributed by atoms with Crippen LogP contribution in [0.4, 0.5) is 4.39 Å². The topological polar surface area (TPSA) is 55.4 Å². The third-order valence-electron chi connectivity index (χ3n) is 4.56. The lowest BCUT2D eigenvalue weighted by atomic mass is 9.96. The molecule has 1 N–H and O–H groups in total. The van der Waals surface area contributed by atoms with Gasteiger partial charge in [-0.2, -0.15) is 0 Å². The Hall–Kier alpha value is -2.21. The van der Waals surface area contributed by atoms with Crippen molar-refractivity contribution in [2.24, 2.45) is 0 Å². The molecule has 0 saturated carbocycles. The number of amides is 1. The van der Waals surface area contributed by atoms with Gasteiger partial charge in [-0.05, 0) is 62.3 Å². The molecule has 1 aromatic carbocycles. The summed E-state index contributed by atoms with van der Waals surface area (Å²) < 4.78 is 18.2. The van der Waals surface area contributed by atoms with Crippen LogP contribution in [0.15, 0.2) is 29.6 Å². The molecule has 6 heteroatoms. The molecule has 2 aromatic rings. The lowest BCUT2D eigenvalue weighted by Crippen LogP contribution is -2.37. The average Bonchev–Trinajstić information content (AvgIpc) is 3.07. The van der Waals surface area contributed by atoms with Gasteiger partial charge in [0.15, 0.2) is 6.10 Å². The zero-order chi connectivity index (χ0) is 18.5. The predicted octanol–water partition coefficient (Wildman–Crippen LogP) is 3.67. The fourth-order valence-electron chi connectivity index (χ4n) is 3.07. The van der Waals surface area contributed by atoms with Crippen LogP contribution in [-0.4, -0.2) is 24.5 Å². The number of halogens is 1. The summed E-state index contributed by atoms with van der Waals surface area (Å²) in [6, 6.07) is 6.15. The van der Waals surface area contributed by atoms with Crippen molar-refractivity contribution in [1.82, 2.24) is 5.32 Å². The molecule has 4 nitrogen and oxygen atoms in total. The number of thiophene rings is 1. The number of carbonyl (C=O) groups is 2. The molecule has 26 heavy (non-hydrogen) atoms. The van der Waals surface area contributed by atoms with Crippen molar-refractivity contribution in [2.75, 3.05) is 6.54 Å². The van der Waals surface area contributed by atoms with E-state index in [0.717, 1.165) is 36.8 Å². The normalized spacial score (nSPS) is 14.4. The molecule has 3 rings (SSSR count). The summed E-state index contributed by atoms with van der Waals surface area (Å²) in [7, 11) is 0. The van der Waals surface area contributed by atoms with Crippen molar-refractivity contribution in [3.8, 4) is 0 Å². The largest absolute Gasteiger partial charge is 0.449 e. The first-order valence-electron chi connectivity index (χ1n) is 8.87. The maximum absolute atomic E-state index is 12.9. The minimum absolute atomic E-state index is 0.283. The van der Waals surface area contributed by atoms with Crippen LogP contribution < -0.4 is 5.32 Å². The van der Waals surface area contributed by atoms with E-state index in [4.69, 9.17) is 4.74 Å². The highest BCUT2D eigenvalue weighted by molar-refractivity contribution is 7.10. The summed E-state index contributed by atoms with van der Waals surface area (Å²) >= 11 is 1.60. The van der Waals surface area contributed by atoms with Crippen LogP contribution >= 0.6 is 11.3 Å². The molecular weight excluding hydrogens is 353 g/mol. The van der Waals surface area contributed by atoms with Crippen molar-refractivity contribution >= 4 is 23.2 Å². The van der Waals surface area contributed by atoms with Crippen molar-refractivity contribution in [2.45, 2.75) is 45.1 Å². The zero-order valence-corrected chi connectivity index (χ0v) is 15.5. The van der Waals surface area contributed by atoms with Crippen LogP contribution in [0.3, 0.4) is 0 Å². The van der Waals surface area contributed by atoms with Crippen molar-refractivity contribution in [3.05, 3.63) is 57.0 Å². The molecule has 0 unspecified atom stereocenters. The Morgan fingerprint density at radius 2 is 1.96 bits per heavy atom. The second-order valence-electron chi connectivity index (χ2n) is 6.47. The number of aryl methyl sites for hydroxylation is 1. The van der Waals surface area contributed by atoms with E-state index in [1.165, 1.54) is 17.0 Å². The highest BCUT2D eigenvalue weighted by Crippen LogP contribution is 2.30. The van der Waals surface area contributed by atoms with E-state index in [-0.39, 0.29) is 11.7 Å². The third kappa shape index (κ3) is 4.49. The van der Waals surface area contributed by atoms with Crippen LogP contribution in [0.5, 0.6) is 0 Å². The molecule has 0 radical (unpaired) electrons. The monoisotopic (exact) mass is 375 g/mol. The zero-order valence-electron chi connectivity index (χ0n) is 14.7. The van der Waals surface area contributed by atoms with E-state index < -0.39 is 12.1 Å². The summed E-state index contributed by atoms with van der Waals surface area (Å²) in [5.41, 5.74) is 2.63. The number of hydrogen-bond donors (Lipinski definition) is 1. The van der Waals surface area contributed by atoms with E-state index in [0.29, 0.717) is 18.5 Å². The van der Waals surface area contributed by atoms with Crippen LogP contribution in [0.25, 0.3) is 0 Å². The Bertz CT molecular complexity index is 785. The Labute approximate surface area is 156 Å². The molecule has 1 aliphatic carbocycles. The molecule has 1 atom stereocenters. The first kappa shape index (κ1) is 18.6. The molecule has 0 spiro atoms. The van der Waals surface area contributed by atoms with Crippen molar-refractivity contribution < 1.29 is 18.7 Å². The molecule has 1 aromatic heterocycles. The molecule has 1 aliphatic rings. The first-order valence-corrected chi connectivity index (χ1v) is 9.75. The van der Waals surface area contributed by atoms with Gasteiger partial charge in [-0.25, -0.2) is 9.18 Å². The molecule has 0 aliphatic heterocycles. The third-order valence-corrected chi connectivity index (χ3v) is 5.65. The van der Waals surface area contributed by atoms with Gasteiger partial charge in [0, 0.05) is 16.8 Å². The van der Waals surface area contributed by atoms with Gasteiger partial charge in [-0.1, -0.05) is 12.1 Å². The van der Waals surface area contributed by atoms with Gasteiger partial charge in [-0.3, -0.25) is 4.79 Å². The van der Waals surface area contributed by atoms with Crippen molar-refractivity contribution in [1.29, 1.82) is 0 Å². The SMILES string of the molecule is C[C@@H](OC(=O)c1csc2c1CCCC2)C(=O)NCCc1ccc(F)cc1. The maximum Gasteiger partial charge on any atom is 0.340 e. The number of benzene rings is 1. The predicted molar refractivity (Wildman–Crippen MR) is 99.0 cm³/mol. The Kier molecular flexibility index (Phi) is 6.04. The van der Waals surface area contributed by atoms with Gasteiger partial charge in [0.2, 0.25) is 0 Å². The Balaban J connectivity index is 1.48.